The number of aryl methyl sites for hydroxylation is 1. The Labute approximate surface area is 137 Å². The Morgan fingerprint density at radius 3 is 2.57 bits per heavy atom. The minimum Gasteiger partial charge on any atom is -0.325 e. The van der Waals surface area contributed by atoms with Crippen molar-refractivity contribution in [2.24, 2.45) is 7.05 Å². The summed E-state index contributed by atoms with van der Waals surface area (Å²) < 4.78 is 27.5. The van der Waals surface area contributed by atoms with Crippen LogP contribution < -0.4 is 10.0 Å². The van der Waals surface area contributed by atoms with E-state index in [1.165, 1.54) is 40.7 Å². The van der Waals surface area contributed by atoms with E-state index in [0.717, 1.165) is 0 Å². The van der Waals surface area contributed by atoms with Gasteiger partial charge in [-0.15, -0.1) is 5.10 Å². The lowest BCUT2D eigenvalue weighted by molar-refractivity contribution is -0.113. The highest BCUT2D eigenvalue weighted by Crippen LogP contribution is 2.16. The zero-order valence-electron chi connectivity index (χ0n) is 12.6. The molecule has 124 valence electrons. The minimum atomic E-state index is -3.49. The van der Waals surface area contributed by atoms with E-state index in [4.69, 9.17) is 0 Å². The SMILES string of the molecule is CCNS(=O)(=O)c1ccc(NC(=O)CSc2nnnn2C)cc1. The van der Waals surface area contributed by atoms with Gasteiger partial charge in [0, 0.05) is 19.3 Å². The molecule has 0 spiro atoms. The van der Waals surface area contributed by atoms with Crippen LogP contribution in [0.2, 0.25) is 0 Å². The standard InChI is InChI=1S/C12H16N6O3S2/c1-3-13-23(20,21)10-6-4-9(5-7-10)14-11(19)8-22-12-15-16-17-18(12)2/h4-7,13H,3,8H2,1-2H3,(H,14,19). The molecule has 1 aromatic carbocycles. The lowest BCUT2D eigenvalue weighted by Gasteiger charge is -2.07. The van der Waals surface area contributed by atoms with Crippen molar-refractivity contribution in [1.29, 1.82) is 0 Å². The van der Waals surface area contributed by atoms with Crippen LogP contribution in [0, 0.1) is 0 Å². The van der Waals surface area contributed by atoms with Gasteiger partial charge in [0.1, 0.15) is 0 Å². The fraction of sp³-hybridized carbons (Fsp3) is 0.333. The molecule has 11 heteroatoms. The van der Waals surface area contributed by atoms with E-state index in [1.807, 2.05) is 0 Å². The third kappa shape index (κ3) is 4.74. The highest BCUT2D eigenvalue weighted by molar-refractivity contribution is 7.99. The Kier molecular flexibility index (Phi) is 5.69. The maximum absolute atomic E-state index is 11.9. The molecule has 23 heavy (non-hydrogen) atoms. The molecule has 0 saturated carbocycles. The Bertz CT molecular complexity index is 772. The molecule has 1 aromatic heterocycles. The normalized spacial score (nSPS) is 11.4. The number of sulfonamides is 1. The molecule has 0 bridgehead atoms. The summed E-state index contributed by atoms with van der Waals surface area (Å²) in [7, 11) is -1.81. The van der Waals surface area contributed by atoms with Crippen molar-refractivity contribution >= 4 is 33.4 Å². The van der Waals surface area contributed by atoms with Gasteiger partial charge in [0.25, 0.3) is 0 Å². The second kappa shape index (κ2) is 7.53. The molecule has 2 rings (SSSR count). The predicted octanol–water partition coefficient (Wildman–Crippen LogP) is 0.239. The Morgan fingerprint density at radius 2 is 2.00 bits per heavy atom. The highest BCUT2D eigenvalue weighted by atomic mass is 32.2. The maximum Gasteiger partial charge on any atom is 0.240 e. The summed E-state index contributed by atoms with van der Waals surface area (Å²) in [5.41, 5.74) is 0.516. The fourth-order valence-corrected chi connectivity index (χ4v) is 3.35. The molecule has 2 N–H and O–H groups in total. The quantitative estimate of drug-likeness (QED) is 0.682. The molecule has 9 nitrogen and oxygen atoms in total. The second-order valence-electron chi connectivity index (χ2n) is 4.45. The molecule has 0 fully saturated rings. The maximum atomic E-state index is 11.9. The molecule has 0 aliphatic heterocycles. The van der Waals surface area contributed by atoms with Gasteiger partial charge in [-0.25, -0.2) is 17.8 Å². The summed E-state index contributed by atoms with van der Waals surface area (Å²) in [6.45, 7) is 2.02. The summed E-state index contributed by atoms with van der Waals surface area (Å²) in [6.07, 6.45) is 0. The average Bonchev–Trinajstić information content (AvgIpc) is 2.91. The van der Waals surface area contributed by atoms with E-state index in [2.05, 4.69) is 25.6 Å². The zero-order chi connectivity index (χ0) is 16.9. The van der Waals surface area contributed by atoms with Crippen molar-refractivity contribution in [2.75, 3.05) is 17.6 Å². The van der Waals surface area contributed by atoms with Crippen LogP contribution in [0.25, 0.3) is 0 Å². The van der Waals surface area contributed by atoms with Crippen LogP contribution in [0.5, 0.6) is 0 Å². The van der Waals surface area contributed by atoms with Crippen LogP contribution in [0.3, 0.4) is 0 Å². The first-order valence-electron chi connectivity index (χ1n) is 6.67. The Morgan fingerprint density at radius 1 is 1.30 bits per heavy atom. The number of hydrogen-bond donors (Lipinski definition) is 2. The molecule has 0 aliphatic rings. The number of aromatic nitrogens is 4. The summed E-state index contributed by atoms with van der Waals surface area (Å²) in [4.78, 5) is 12.0. The number of thioether (sulfide) groups is 1. The number of anilines is 1. The van der Waals surface area contributed by atoms with Crippen molar-refractivity contribution < 1.29 is 13.2 Å². The summed E-state index contributed by atoms with van der Waals surface area (Å²) in [6, 6.07) is 5.95. The van der Waals surface area contributed by atoms with Crippen molar-refractivity contribution in [3.8, 4) is 0 Å². The van der Waals surface area contributed by atoms with Crippen LogP contribution in [0.1, 0.15) is 6.92 Å². The third-order valence-electron chi connectivity index (χ3n) is 2.70. The van der Waals surface area contributed by atoms with Gasteiger partial charge < -0.3 is 5.32 Å². The third-order valence-corrected chi connectivity index (χ3v) is 5.27. The molecule has 0 radical (unpaired) electrons. The number of tetrazole rings is 1. The van der Waals surface area contributed by atoms with Crippen LogP contribution in [-0.2, 0) is 21.9 Å². The smallest absolute Gasteiger partial charge is 0.240 e. The van der Waals surface area contributed by atoms with Crippen LogP contribution in [-0.4, -0.2) is 46.8 Å². The molecule has 0 unspecified atom stereocenters. The lowest BCUT2D eigenvalue weighted by Crippen LogP contribution is -2.23. The number of rotatable bonds is 7. The van der Waals surface area contributed by atoms with Gasteiger partial charge in [-0.2, -0.15) is 0 Å². The largest absolute Gasteiger partial charge is 0.325 e. The topological polar surface area (TPSA) is 119 Å². The summed E-state index contributed by atoms with van der Waals surface area (Å²) >= 11 is 1.20. The van der Waals surface area contributed by atoms with Crippen molar-refractivity contribution in [3.05, 3.63) is 24.3 Å². The first-order chi connectivity index (χ1) is 10.9. The summed E-state index contributed by atoms with van der Waals surface area (Å²) in [5.74, 6) is -0.0913. The molecule has 0 saturated heterocycles. The van der Waals surface area contributed by atoms with Gasteiger partial charge in [-0.05, 0) is 34.7 Å². The van der Waals surface area contributed by atoms with Crippen LogP contribution in [0.4, 0.5) is 5.69 Å². The minimum absolute atomic E-state index is 0.144. The van der Waals surface area contributed by atoms with Crippen molar-refractivity contribution in [2.45, 2.75) is 17.0 Å². The molecule has 1 amide bonds. The number of nitrogens with one attached hydrogen (secondary N) is 2. The van der Waals surface area contributed by atoms with Gasteiger partial charge in [0.15, 0.2) is 0 Å². The van der Waals surface area contributed by atoms with Gasteiger partial charge in [-0.3, -0.25) is 4.79 Å². The van der Waals surface area contributed by atoms with Crippen molar-refractivity contribution in [3.63, 3.8) is 0 Å². The number of hydrogen-bond acceptors (Lipinski definition) is 7. The second-order valence-corrected chi connectivity index (χ2v) is 7.16. The first kappa shape index (κ1) is 17.4. The number of benzene rings is 1. The molecule has 0 aliphatic carbocycles. The molecule has 0 atom stereocenters. The Balaban J connectivity index is 1.93. The monoisotopic (exact) mass is 356 g/mol. The Hall–Kier alpha value is -1.98. The van der Waals surface area contributed by atoms with Crippen LogP contribution >= 0.6 is 11.8 Å². The van der Waals surface area contributed by atoms with Crippen molar-refractivity contribution in [1.82, 2.24) is 24.9 Å². The number of carbonyl (C=O) groups is 1. The van der Waals surface area contributed by atoms with Gasteiger partial charge in [-0.1, -0.05) is 18.7 Å². The summed E-state index contributed by atoms with van der Waals surface area (Å²) in [5, 5.41) is 14.1. The van der Waals surface area contributed by atoms with E-state index < -0.39 is 10.0 Å². The number of carbonyl (C=O) groups excluding carboxylic acids is 1. The highest BCUT2D eigenvalue weighted by Gasteiger charge is 2.13. The lowest BCUT2D eigenvalue weighted by atomic mass is 10.3. The number of nitrogens with zero attached hydrogens (tertiary/aromatic N) is 4. The molecular formula is C12H16N6O3S2. The van der Waals surface area contributed by atoms with Gasteiger partial charge >= 0.3 is 0 Å². The van der Waals surface area contributed by atoms with Gasteiger partial charge in [0.2, 0.25) is 21.1 Å². The van der Waals surface area contributed by atoms with E-state index in [1.54, 1.807) is 14.0 Å². The number of amides is 1. The molecular weight excluding hydrogens is 340 g/mol. The van der Waals surface area contributed by atoms with Gasteiger partial charge in [0.05, 0.1) is 10.6 Å². The molecule has 2 aromatic rings. The van der Waals surface area contributed by atoms with E-state index in [9.17, 15) is 13.2 Å². The van der Waals surface area contributed by atoms with E-state index in [0.29, 0.717) is 17.4 Å². The average molecular weight is 356 g/mol. The first-order valence-corrected chi connectivity index (χ1v) is 9.14. The molecule has 1 heterocycles. The van der Waals surface area contributed by atoms with E-state index in [-0.39, 0.29) is 16.6 Å². The fourth-order valence-electron chi connectivity index (χ4n) is 1.66. The van der Waals surface area contributed by atoms with Crippen LogP contribution in [0.15, 0.2) is 34.3 Å². The zero-order valence-corrected chi connectivity index (χ0v) is 14.2. The predicted molar refractivity (Wildman–Crippen MR) is 85.5 cm³/mol. The van der Waals surface area contributed by atoms with E-state index >= 15 is 0 Å².